The van der Waals surface area contributed by atoms with Crippen molar-refractivity contribution in [3.8, 4) is 0 Å². The maximum Gasteiger partial charge on any atom is 0.0960 e. The zero-order valence-corrected chi connectivity index (χ0v) is 6.99. The van der Waals surface area contributed by atoms with Crippen molar-refractivity contribution < 1.29 is 14.9 Å². The van der Waals surface area contributed by atoms with E-state index >= 15 is 0 Å². The predicted octanol–water partition coefficient (Wildman–Crippen LogP) is 0.194. The molecule has 2 N–H and O–H groups in total. The van der Waals surface area contributed by atoms with E-state index in [1.54, 1.807) is 0 Å². The average Bonchev–Trinajstić information content (AvgIpc) is 2.59. The molecule has 0 aromatic heterocycles. The average molecular weight is 170 g/mol. The van der Waals surface area contributed by atoms with Crippen molar-refractivity contribution in [3.63, 3.8) is 0 Å². The topological polar surface area (TPSA) is 53.0 Å². The fourth-order valence-electron chi connectivity index (χ4n) is 2.93. The summed E-state index contributed by atoms with van der Waals surface area (Å²) < 4.78 is 5.32. The van der Waals surface area contributed by atoms with Crippen molar-refractivity contribution in [1.29, 1.82) is 0 Å². The molecule has 3 nitrogen and oxygen atoms in total. The molecule has 0 aromatic rings. The second kappa shape index (κ2) is 1.86. The zero-order valence-electron chi connectivity index (χ0n) is 6.99. The number of epoxide rings is 1. The lowest BCUT2D eigenvalue weighted by atomic mass is 9.74. The summed E-state index contributed by atoms with van der Waals surface area (Å²) in [4.78, 5) is 0. The van der Waals surface area contributed by atoms with Gasteiger partial charge in [0.2, 0.25) is 0 Å². The molecule has 1 aliphatic heterocycles. The zero-order chi connectivity index (χ0) is 8.40. The van der Waals surface area contributed by atoms with Gasteiger partial charge in [0.1, 0.15) is 0 Å². The molecule has 68 valence electrons. The second-order valence-corrected chi connectivity index (χ2v) is 4.54. The van der Waals surface area contributed by atoms with Gasteiger partial charge in [-0.2, -0.15) is 0 Å². The van der Waals surface area contributed by atoms with Crippen molar-refractivity contribution >= 4 is 0 Å². The SMILES string of the molecule is O[C@@]12CCC[C@@]1(O)CC1OC1C2. The van der Waals surface area contributed by atoms with Gasteiger partial charge in [0.15, 0.2) is 0 Å². The Balaban J connectivity index is 1.95. The maximum atomic E-state index is 10.1. The van der Waals surface area contributed by atoms with Crippen LogP contribution in [0.3, 0.4) is 0 Å². The molecule has 12 heavy (non-hydrogen) atoms. The summed E-state index contributed by atoms with van der Waals surface area (Å²) in [6, 6.07) is 0. The third-order valence-electron chi connectivity index (χ3n) is 3.81. The summed E-state index contributed by atoms with van der Waals surface area (Å²) in [6.45, 7) is 0. The van der Waals surface area contributed by atoms with E-state index in [2.05, 4.69) is 0 Å². The van der Waals surface area contributed by atoms with Crippen LogP contribution in [0.2, 0.25) is 0 Å². The van der Waals surface area contributed by atoms with Crippen LogP contribution in [0.1, 0.15) is 32.1 Å². The molecule has 3 aliphatic rings. The minimum atomic E-state index is -0.829. The summed E-state index contributed by atoms with van der Waals surface area (Å²) in [5.74, 6) is 0. The van der Waals surface area contributed by atoms with Crippen LogP contribution in [0, 0.1) is 0 Å². The van der Waals surface area contributed by atoms with Gasteiger partial charge >= 0.3 is 0 Å². The van der Waals surface area contributed by atoms with Crippen molar-refractivity contribution in [3.05, 3.63) is 0 Å². The molecule has 4 atom stereocenters. The lowest BCUT2D eigenvalue weighted by Crippen LogP contribution is -2.54. The van der Waals surface area contributed by atoms with E-state index in [0.29, 0.717) is 12.8 Å². The molecule has 0 radical (unpaired) electrons. The summed E-state index contributed by atoms with van der Waals surface area (Å²) >= 11 is 0. The predicted molar refractivity (Wildman–Crippen MR) is 41.6 cm³/mol. The van der Waals surface area contributed by atoms with Gasteiger partial charge in [0, 0.05) is 12.8 Å². The Labute approximate surface area is 71.3 Å². The van der Waals surface area contributed by atoms with E-state index in [1.165, 1.54) is 0 Å². The normalized spacial score (nSPS) is 62.5. The number of fused-ring (bicyclic) bond motifs is 2. The molecule has 3 heteroatoms. The first-order valence-electron chi connectivity index (χ1n) is 4.73. The largest absolute Gasteiger partial charge is 0.387 e. The number of hydrogen-bond donors (Lipinski definition) is 2. The van der Waals surface area contributed by atoms with Crippen LogP contribution >= 0.6 is 0 Å². The number of ether oxygens (including phenoxy) is 1. The van der Waals surface area contributed by atoms with Gasteiger partial charge in [0.25, 0.3) is 0 Å². The van der Waals surface area contributed by atoms with Crippen LogP contribution in [-0.4, -0.2) is 33.6 Å². The molecule has 2 aliphatic carbocycles. The first kappa shape index (κ1) is 7.30. The first-order chi connectivity index (χ1) is 5.63. The molecule has 1 heterocycles. The van der Waals surface area contributed by atoms with E-state index in [0.717, 1.165) is 19.3 Å². The molecular formula is C9H14O3. The Kier molecular flexibility index (Phi) is 1.13. The van der Waals surface area contributed by atoms with Crippen molar-refractivity contribution in [1.82, 2.24) is 0 Å². The van der Waals surface area contributed by atoms with Crippen LogP contribution in [-0.2, 0) is 4.74 Å². The molecular weight excluding hydrogens is 156 g/mol. The lowest BCUT2D eigenvalue weighted by Gasteiger charge is -2.40. The molecule has 3 rings (SSSR count). The number of hydrogen-bond acceptors (Lipinski definition) is 3. The van der Waals surface area contributed by atoms with E-state index < -0.39 is 11.2 Å². The molecule has 0 spiro atoms. The molecule has 3 fully saturated rings. The van der Waals surface area contributed by atoms with Crippen LogP contribution in [0.5, 0.6) is 0 Å². The number of rotatable bonds is 0. The highest BCUT2D eigenvalue weighted by molar-refractivity contribution is 5.15. The quantitative estimate of drug-likeness (QED) is 0.510. The summed E-state index contributed by atoms with van der Waals surface area (Å²) in [6.07, 6.45) is 4.22. The summed E-state index contributed by atoms with van der Waals surface area (Å²) in [5.41, 5.74) is -1.66. The molecule has 2 unspecified atom stereocenters. The Bertz CT molecular complexity index is 208. The Hall–Kier alpha value is -0.120. The fourth-order valence-corrected chi connectivity index (χ4v) is 2.93. The van der Waals surface area contributed by atoms with E-state index in [9.17, 15) is 10.2 Å². The van der Waals surface area contributed by atoms with Gasteiger partial charge in [-0.3, -0.25) is 0 Å². The van der Waals surface area contributed by atoms with Gasteiger partial charge in [-0.1, -0.05) is 0 Å². The third kappa shape index (κ3) is 0.721. The first-order valence-corrected chi connectivity index (χ1v) is 4.73. The van der Waals surface area contributed by atoms with Crippen molar-refractivity contribution in [2.75, 3.05) is 0 Å². The highest BCUT2D eigenvalue weighted by atomic mass is 16.6. The highest BCUT2D eigenvalue weighted by Crippen LogP contribution is 2.54. The third-order valence-corrected chi connectivity index (χ3v) is 3.81. The summed E-state index contributed by atoms with van der Waals surface area (Å²) in [7, 11) is 0. The van der Waals surface area contributed by atoms with Gasteiger partial charge in [0.05, 0.1) is 23.4 Å². The standard InChI is InChI=1S/C9H14O3/c10-8-2-1-3-9(8,11)5-7-6(4-8)12-7/h6-7,10-11H,1-5H2/t6?,7?,8-,9-/m1/s1. The minimum Gasteiger partial charge on any atom is -0.387 e. The van der Waals surface area contributed by atoms with E-state index in [4.69, 9.17) is 4.74 Å². The van der Waals surface area contributed by atoms with Crippen LogP contribution < -0.4 is 0 Å². The van der Waals surface area contributed by atoms with Crippen LogP contribution in [0.4, 0.5) is 0 Å². The Morgan fingerprint density at radius 2 is 1.50 bits per heavy atom. The smallest absolute Gasteiger partial charge is 0.0960 e. The lowest BCUT2D eigenvalue weighted by molar-refractivity contribution is -0.147. The van der Waals surface area contributed by atoms with E-state index in [-0.39, 0.29) is 12.2 Å². The number of aliphatic hydroxyl groups is 2. The van der Waals surface area contributed by atoms with Crippen LogP contribution in [0.15, 0.2) is 0 Å². The van der Waals surface area contributed by atoms with E-state index in [1.807, 2.05) is 0 Å². The molecule has 0 aromatic carbocycles. The van der Waals surface area contributed by atoms with Gasteiger partial charge < -0.3 is 14.9 Å². The van der Waals surface area contributed by atoms with Crippen molar-refractivity contribution in [2.45, 2.75) is 55.5 Å². The maximum absolute atomic E-state index is 10.1. The Morgan fingerprint density at radius 3 is 2.00 bits per heavy atom. The van der Waals surface area contributed by atoms with Gasteiger partial charge in [-0.05, 0) is 19.3 Å². The highest BCUT2D eigenvalue weighted by Gasteiger charge is 2.64. The Morgan fingerprint density at radius 1 is 1.00 bits per heavy atom. The second-order valence-electron chi connectivity index (χ2n) is 4.54. The molecule has 2 saturated carbocycles. The molecule has 1 saturated heterocycles. The van der Waals surface area contributed by atoms with Crippen molar-refractivity contribution in [2.24, 2.45) is 0 Å². The molecule has 0 bridgehead atoms. The minimum absolute atomic E-state index is 0.244. The summed E-state index contributed by atoms with van der Waals surface area (Å²) in [5, 5.41) is 20.3. The molecule has 0 amide bonds. The van der Waals surface area contributed by atoms with Gasteiger partial charge in [-0.15, -0.1) is 0 Å². The van der Waals surface area contributed by atoms with Gasteiger partial charge in [-0.25, -0.2) is 0 Å². The fraction of sp³-hybridized carbons (Fsp3) is 1.00. The van der Waals surface area contributed by atoms with Crippen LogP contribution in [0.25, 0.3) is 0 Å². The monoisotopic (exact) mass is 170 g/mol.